The fourth-order valence-electron chi connectivity index (χ4n) is 2.25. The molecule has 1 atom stereocenters. The number of allylic oxidation sites excluding steroid dienone is 4. The Bertz CT molecular complexity index is 747. The van der Waals surface area contributed by atoms with Crippen LogP contribution in [0.2, 0.25) is 0 Å². The number of nitrogens with zero attached hydrogens (tertiary/aromatic N) is 3. The van der Waals surface area contributed by atoms with Crippen LogP contribution >= 0.6 is 0 Å². The second kappa shape index (κ2) is 6.64. The zero-order chi connectivity index (χ0) is 17.9. The number of alkyl carbamates (subject to hydrolysis) is 1. The molecule has 1 aliphatic heterocycles. The van der Waals surface area contributed by atoms with E-state index >= 15 is 0 Å². The first kappa shape index (κ1) is 17.4. The maximum absolute atomic E-state index is 11.8. The van der Waals surface area contributed by atoms with Gasteiger partial charge in [-0.1, -0.05) is 12.2 Å². The quantitative estimate of drug-likeness (QED) is 0.463. The van der Waals surface area contributed by atoms with Gasteiger partial charge in [0.1, 0.15) is 11.6 Å². The Morgan fingerprint density at radius 3 is 2.75 bits per heavy atom. The SMILES string of the molecule is CC(C)(C)OC(=O)NC(CC1=CN=C2C1=CC=CC2=[N+]=[N-])C(=O)O. The molecule has 24 heavy (non-hydrogen) atoms. The number of carboxylic acid groups (broad SMARTS) is 1. The van der Waals surface area contributed by atoms with Crippen molar-refractivity contribution in [2.75, 3.05) is 0 Å². The van der Waals surface area contributed by atoms with Gasteiger partial charge in [-0.05, 0) is 26.3 Å². The van der Waals surface area contributed by atoms with E-state index in [0.29, 0.717) is 22.6 Å². The predicted octanol–water partition coefficient (Wildman–Crippen LogP) is 1.86. The van der Waals surface area contributed by atoms with E-state index in [-0.39, 0.29) is 6.42 Å². The molecule has 2 aliphatic rings. The molecule has 2 rings (SSSR count). The van der Waals surface area contributed by atoms with Crippen molar-refractivity contribution in [3.63, 3.8) is 0 Å². The van der Waals surface area contributed by atoms with Gasteiger partial charge < -0.3 is 20.7 Å². The fraction of sp³-hybridized carbons (Fsp3) is 0.375. The summed E-state index contributed by atoms with van der Waals surface area (Å²) >= 11 is 0. The van der Waals surface area contributed by atoms with Gasteiger partial charge in [0.25, 0.3) is 0 Å². The smallest absolute Gasteiger partial charge is 0.408 e. The first-order chi connectivity index (χ1) is 11.2. The zero-order valence-corrected chi connectivity index (χ0v) is 13.6. The number of nitrogens with one attached hydrogen (secondary N) is 1. The Balaban J connectivity index is 2.09. The molecule has 0 spiro atoms. The second-order valence-corrected chi connectivity index (χ2v) is 6.30. The number of carbonyl (C=O) groups excluding carboxylic acids is 1. The van der Waals surface area contributed by atoms with Gasteiger partial charge in [0.05, 0.1) is 0 Å². The number of ether oxygens (including phenoxy) is 1. The Labute approximate surface area is 138 Å². The molecule has 8 heteroatoms. The van der Waals surface area contributed by atoms with E-state index in [4.69, 9.17) is 10.3 Å². The van der Waals surface area contributed by atoms with E-state index in [9.17, 15) is 14.7 Å². The van der Waals surface area contributed by atoms with Gasteiger partial charge in [-0.25, -0.2) is 14.6 Å². The van der Waals surface area contributed by atoms with Crippen LogP contribution in [0, 0.1) is 0 Å². The first-order valence-corrected chi connectivity index (χ1v) is 7.32. The van der Waals surface area contributed by atoms with E-state index in [1.165, 1.54) is 6.20 Å². The summed E-state index contributed by atoms with van der Waals surface area (Å²) in [4.78, 5) is 30.5. The highest BCUT2D eigenvalue weighted by Crippen LogP contribution is 2.26. The summed E-state index contributed by atoms with van der Waals surface area (Å²) in [6.07, 6.45) is 5.75. The molecule has 1 heterocycles. The van der Waals surface area contributed by atoms with Crippen LogP contribution in [0.3, 0.4) is 0 Å². The lowest BCUT2D eigenvalue weighted by Gasteiger charge is -2.22. The Hall–Kier alpha value is -2.99. The number of aliphatic carboxylic acids is 1. The number of fused-ring (bicyclic) bond motifs is 1. The highest BCUT2D eigenvalue weighted by molar-refractivity contribution is 6.52. The van der Waals surface area contributed by atoms with E-state index in [1.54, 1.807) is 39.0 Å². The number of amides is 1. The first-order valence-electron chi connectivity index (χ1n) is 7.32. The molecular weight excluding hydrogens is 312 g/mol. The summed E-state index contributed by atoms with van der Waals surface area (Å²) in [5.74, 6) is -1.18. The number of aliphatic imine (C=N–C) groups is 1. The molecule has 0 aromatic heterocycles. The van der Waals surface area contributed by atoms with Crippen LogP contribution in [-0.4, -0.2) is 45.0 Å². The zero-order valence-electron chi connectivity index (χ0n) is 13.6. The van der Waals surface area contributed by atoms with Crippen molar-refractivity contribution in [1.29, 1.82) is 0 Å². The average Bonchev–Trinajstić information content (AvgIpc) is 2.87. The second-order valence-electron chi connectivity index (χ2n) is 6.30. The lowest BCUT2D eigenvalue weighted by atomic mass is 9.92. The molecule has 2 N–H and O–H groups in total. The van der Waals surface area contributed by atoms with E-state index in [2.05, 4.69) is 15.1 Å². The molecule has 0 aromatic rings. The monoisotopic (exact) mass is 330 g/mol. The van der Waals surface area contributed by atoms with Crippen LogP contribution in [0.4, 0.5) is 4.79 Å². The third-order valence-corrected chi connectivity index (χ3v) is 3.23. The number of hydrogen-bond acceptors (Lipinski definition) is 4. The summed E-state index contributed by atoms with van der Waals surface area (Å²) in [6.45, 7) is 5.07. The third-order valence-electron chi connectivity index (χ3n) is 3.23. The van der Waals surface area contributed by atoms with Crippen LogP contribution in [0.15, 0.2) is 40.6 Å². The Morgan fingerprint density at radius 2 is 2.17 bits per heavy atom. The summed E-state index contributed by atoms with van der Waals surface area (Å²) in [7, 11) is 0. The molecule has 0 aromatic carbocycles. The average molecular weight is 330 g/mol. The minimum Gasteiger partial charge on any atom is -0.480 e. The number of carboxylic acids is 1. The molecule has 126 valence electrons. The standard InChI is InChI=1S/C16H18N4O4/c1-16(2,3)24-15(23)19-12(14(21)22)7-9-8-18-13-10(9)5-4-6-11(13)20-17/h4-6,8,12H,7H2,1-3H3,(H,19,23)(H,21,22). The lowest BCUT2D eigenvalue weighted by Crippen LogP contribution is -2.43. The minimum atomic E-state index is -1.18. The van der Waals surface area contributed by atoms with Crippen molar-refractivity contribution < 1.29 is 24.2 Å². The van der Waals surface area contributed by atoms with Crippen molar-refractivity contribution in [2.24, 2.45) is 4.99 Å². The van der Waals surface area contributed by atoms with Crippen LogP contribution in [0.25, 0.3) is 5.53 Å². The van der Waals surface area contributed by atoms with Crippen LogP contribution < -0.4 is 5.32 Å². The molecule has 8 nitrogen and oxygen atoms in total. The maximum atomic E-state index is 11.8. The summed E-state index contributed by atoms with van der Waals surface area (Å²) in [6, 6.07) is -1.16. The number of rotatable bonds is 4. The fourth-order valence-corrected chi connectivity index (χ4v) is 2.25. The Kier molecular flexibility index (Phi) is 4.80. The van der Waals surface area contributed by atoms with Crippen LogP contribution in [0.5, 0.6) is 0 Å². The van der Waals surface area contributed by atoms with Gasteiger partial charge in [0.2, 0.25) is 0 Å². The molecule has 0 fully saturated rings. The molecule has 0 saturated carbocycles. The summed E-state index contributed by atoms with van der Waals surface area (Å²) < 4.78 is 5.08. The van der Waals surface area contributed by atoms with E-state index in [0.717, 1.165) is 0 Å². The predicted molar refractivity (Wildman–Crippen MR) is 86.8 cm³/mol. The third kappa shape index (κ3) is 4.05. The van der Waals surface area contributed by atoms with Crippen LogP contribution in [-0.2, 0) is 9.53 Å². The Morgan fingerprint density at radius 1 is 1.46 bits per heavy atom. The lowest BCUT2D eigenvalue weighted by molar-refractivity contribution is -0.139. The minimum absolute atomic E-state index is 0.0277. The van der Waals surface area contributed by atoms with Crippen molar-refractivity contribution in [2.45, 2.75) is 38.8 Å². The van der Waals surface area contributed by atoms with Gasteiger partial charge in [-0.15, -0.1) is 0 Å². The number of carbonyl (C=O) groups is 2. The van der Waals surface area contributed by atoms with Gasteiger partial charge in [-0.3, -0.25) is 0 Å². The molecule has 1 unspecified atom stereocenters. The highest BCUT2D eigenvalue weighted by Gasteiger charge is 2.32. The molecule has 1 aliphatic carbocycles. The summed E-state index contributed by atoms with van der Waals surface area (Å²) in [5.41, 5.74) is 10.3. The normalized spacial score (nSPS) is 17.1. The van der Waals surface area contributed by atoms with Crippen molar-refractivity contribution in [1.82, 2.24) is 5.32 Å². The van der Waals surface area contributed by atoms with Crippen molar-refractivity contribution in [3.8, 4) is 0 Å². The van der Waals surface area contributed by atoms with Gasteiger partial charge in [0, 0.05) is 24.3 Å². The largest absolute Gasteiger partial charge is 0.480 e. The van der Waals surface area contributed by atoms with Crippen molar-refractivity contribution >= 4 is 23.5 Å². The maximum Gasteiger partial charge on any atom is 0.408 e. The van der Waals surface area contributed by atoms with Gasteiger partial charge in [0.15, 0.2) is 5.71 Å². The van der Waals surface area contributed by atoms with Crippen molar-refractivity contribution in [3.05, 3.63) is 41.1 Å². The summed E-state index contributed by atoms with van der Waals surface area (Å²) in [5, 5.41) is 11.7. The van der Waals surface area contributed by atoms with Gasteiger partial charge >= 0.3 is 17.8 Å². The van der Waals surface area contributed by atoms with E-state index < -0.39 is 23.7 Å². The van der Waals surface area contributed by atoms with Crippen LogP contribution in [0.1, 0.15) is 27.2 Å². The highest BCUT2D eigenvalue weighted by atomic mass is 16.6. The number of hydrogen-bond donors (Lipinski definition) is 2. The topological polar surface area (TPSA) is 124 Å². The van der Waals surface area contributed by atoms with Gasteiger partial charge in [-0.2, -0.15) is 4.79 Å². The molecular formula is C16H18N4O4. The molecule has 1 amide bonds. The molecule has 0 saturated heterocycles. The van der Waals surface area contributed by atoms with E-state index in [1.807, 2.05) is 0 Å². The molecule has 0 bridgehead atoms. The molecule has 0 radical (unpaired) electrons.